The fraction of sp³-hybridized carbons (Fsp3) is 0.667. The zero-order chi connectivity index (χ0) is 14.1. The number of hydrogen-bond donors (Lipinski definition) is 2. The Bertz CT molecular complexity index is 397. The van der Waals surface area contributed by atoms with Crippen LogP contribution in [0.25, 0.3) is 0 Å². The monoisotopic (exact) mass is 348 g/mol. The fourth-order valence-corrected chi connectivity index (χ4v) is 2.19. The van der Waals surface area contributed by atoms with Crippen LogP contribution < -0.4 is 10.6 Å². The lowest BCUT2D eigenvalue weighted by Gasteiger charge is -2.11. The van der Waals surface area contributed by atoms with Crippen LogP contribution in [-0.2, 0) is 17.8 Å². The molecule has 0 saturated carbocycles. The summed E-state index contributed by atoms with van der Waals surface area (Å²) in [7, 11) is 0. The predicted octanol–water partition coefficient (Wildman–Crippen LogP) is 2.06. The molecule has 7 heteroatoms. The first-order chi connectivity index (χ1) is 9.19. The maximum atomic E-state index is 5.26. The first kappa shape index (κ1) is 16.4. The molecule has 2 N–H and O–H groups in total. The molecule has 0 unspecified atom stereocenters. The molecule has 1 rings (SSSR count). The minimum Gasteiger partial charge on any atom is -0.382 e. The quantitative estimate of drug-likeness (QED) is 0.556. The molecule has 5 nitrogen and oxygen atoms in total. The molecule has 19 heavy (non-hydrogen) atoms. The molecule has 0 bridgehead atoms. The van der Waals surface area contributed by atoms with Crippen LogP contribution in [0.2, 0.25) is 0 Å². The Morgan fingerprint density at radius 3 is 2.95 bits per heavy atom. The number of aromatic nitrogens is 2. The Balaban J connectivity index is 2.24. The van der Waals surface area contributed by atoms with Gasteiger partial charge in [-0.2, -0.15) is 5.10 Å². The van der Waals surface area contributed by atoms with Gasteiger partial charge in [0.05, 0.1) is 22.9 Å². The highest BCUT2D eigenvalue weighted by Gasteiger charge is 2.07. The van der Waals surface area contributed by atoms with Gasteiger partial charge in [0.25, 0.3) is 0 Å². The van der Waals surface area contributed by atoms with Crippen molar-refractivity contribution in [3.8, 4) is 0 Å². The molecule has 0 amide bonds. The molecule has 0 aliphatic carbocycles. The first-order valence-corrected chi connectivity index (χ1v) is 7.68. The molecule has 0 atom stereocenters. The van der Waals surface area contributed by atoms with Crippen molar-refractivity contribution in [1.82, 2.24) is 20.4 Å². The second-order valence-corrected chi connectivity index (χ2v) is 5.18. The number of nitrogens with one attached hydrogen (secondary N) is 2. The van der Waals surface area contributed by atoms with Gasteiger partial charge in [0.15, 0.2) is 5.11 Å². The molecule has 0 aliphatic rings. The Kier molecular flexibility index (Phi) is 8.00. The largest absolute Gasteiger partial charge is 0.382 e. The lowest BCUT2D eigenvalue weighted by Crippen LogP contribution is -2.36. The van der Waals surface area contributed by atoms with E-state index in [0.717, 1.165) is 42.9 Å². The molecule has 0 radical (unpaired) electrons. The summed E-state index contributed by atoms with van der Waals surface area (Å²) in [5.74, 6) is 0. The molecule has 0 aromatic carbocycles. The summed E-state index contributed by atoms with van der Waals surface area (Å²) in [6.45, 7) is 7.91. The third-order valence-electron chi connectivity index (χ3n) is 2.57. The summed E-state index contributed by atoms with van der Waals surface area (Å²) in [5, 5.41) is 11.3. The van der Waals surface area contributed by atoms with E-state index in [1.54, 1.807) is 6.20 Å². The number of thiocarbonyl (C=S) groups is 1. The third kappa shape index (κ3) is 5.88. The lowest BCUT2D eigenvalue weighted by atomic mass is 10.4. The Morgan fingerprint density at radius 2 is 2.26 bits per heavy atom. The van der Waals surface area contributed by atoms with Gasteiger partial charge in [-0.05, 0) is 48.4 Å². The van der Waals surface area contributed by atoms with E-state index in [1.165, 1.54) is 0 Å². The van der Waals surface area contributed by atoms with Crippen LogP contribution in [0.3, 0.4) is 0 Å². The van der Waals surface area contributed by atoms with E-state index >= 15 is 0 Å². The van der Waals surface area contributed by atoms with Gasteiger partial charge in [-0.25, -0.2) is 0 Å². The van der Waals surface area contributed by atoms with Gasteiger partial charge in [-0.1, -0.05) is 0 Å². The number of halogens is 1. The summed E-state index contributed by atoms with van der Waals surface area (Å²) >= 11 is 8.71. The van der Waals surface area contributed by atoms with Crippen molar-refractivity contribution in [3.63, 3.8) is 0 Å². The summed E-state index contributed by atoms with van der Waals surface area (Å²) < 4.78 is 8.20. The van der Waals surface area contributed by atoms with Gasteiger partial charge in [0.1, 0.15) is 0 Å². The number of nitrogens with zero attached hydrogens (tertiary/aromatic N) is 2. The van der Waals surface area contributed by atoms with Crippen molar-refractivity contribution < 1.29 is 4.74 Å². The van der Waals surface area contributed by atoms with Crippen molar-refractivity contribution in [2.24, 2.45) is 0 Å². The van der Waals surface area contributed by atoms with Crippen molar-refractivity contribution in [2.75, 3.05) is 19.8 Å². The molecular weight excluding hydrogens is 328 g/mol. The molecule has 0 fully saturated rings. The van der Waals surface area contributed by atoms with Gasteiger partial charge in [0.2, 0.25) is 0 Å². The normalized spacial score (nSPS) is 10.5. The summed E-state index contributed by atoms with van der Waals surface area (Å²) in [4.78, 5) is 0. The summed E-state index contributed by atoms with van der Waals surface area (Å²) in [5.41, 5.74) is 1.10. The van der Waals surface area contributed by atoms with E-state index in [4.69, 9.17) is 17.0 Å². The van der Waals surface area contributed by atoms with Crippen LogP contribution in [0, 0.1) is 0 Å². The highest BCUT2D eigenvalue weighted by atomic mass is 79.9. The fourth-order valence-electron chi connectivity index (χ4n) is 1.58. The summed E-state index contributed by atoms with van der Waals surface area (Å²) in [6.07, 6.45) is 2.76. The predicted molar refractivity (Wildman–Crippen MR) is 84.2 cm³/mol. The molecule has 1 heterocycles. The maximum absolute atomic E-state index is 5.26. The maximum Gasteiger partial charge on any atom is 0.166 e. The minimum absolute atomic E-state index is 0.658. The lowest BCUT2D eigenvalue weighted by molar-refractivity contribution is 0.145. The third-order valence-corrected chi connectivity index (χ3v) is 3.52. The highest BCUT2D eigenvalue weighted by molar-refractivity contribution is 9.10. The van der Waals surface area contributed by atoms with E-state index < -0.39 is 0 Å². The SMILES string of the molecule is CCOCCCNC(=S)NCc1c(Br)cnn1CC. The second-order valence-electron chi connectivity index (χ2n) is 3.91. The molecule has 108 valence electrons. The van der Waals surface area contributed by atoms with Crippen LogP contribution in [0.4, 0.5) is 0 Å². The number of hydrogen-bond acceptors (Lipinski definition) is 3. The van der Waals surface area contributed by atoms with Crippen molar-refractivity contribution in [3.05, 3.63) is 16.4 Å². The molecule has 1 aromatic heterocycles. The molecule has 0 saturated heterocycles. The van der Waals surface area contributed by atoms with E-state index in [1.807, 2.05) is 11.6 Å². The molecular formula is C12H21BrN4OS. The smallest absolute Gasteiger partial charge is 0.166 e. The van der Waals surface area contributed by atoms with E-state index in [9.17, 15) is 0 Å². The zero-order valence-electron chi connectivity index (χ0n) is 11.4. The Morgan fingerprint density at radius 1 is 1.47 bits per heavy atom. The molecule has 1 aromatic rings. The van der Waals surface area contributed by atoms with Gasteiger partial charge in [-0.15, -0.1) is 0 Å². The number of aryl methyl sites for hydroxylation is 1. The Hall–Kier alpha value is -0.660. The van der Waals surface area contributed by atoms with Crippen molar-refractivity contribution in [1.29, 1.82) is 0 Å². The average molecular weight is 349 g/mol. The topological polar surface area (TPSA) is 51.1 Å². The molecule has 0 aliphatic heterocycles. The van der Waals surface area contributed by atoms with E-state index in [-0.39, 0.29) is 0 Å². The van der Waals surface area contributed by atoms with E-state index in [2.05, 4.69) is 38.6 Å². The van der Waals surface area contributed by atoms with Crippen LogP contribution in [0.1, 0.15) is 26.0 Å². The van der Waals surface area contributed by atoms with Crippen LogP contribution in [0.15, 0.2) is 10.7 Å². The van der Waals surface area contributed by atoms with Crippen LogP contribution >= 0.6 is 28.1 Å². The standard InChI is InChI=1S/C12H21BrN4OS/c1-3-17-11(10(13)8-16-17)9-15-12(19)14-6-5-7-18-4-2/h8H,3-7,9H2,1-2H3,(H2,14,15,19). The van der Waals surface area contributed by atoms with Gasteiger partial charge in [-0.3, -0.25) is 4.68 Å². The van der Waals surface area contributed by atoms with Crippen molar-refractivity contribution >= 4 is 33.3 Å². The van der Waals surface area contributed by atoms with Gasteiger partial charge >= 0.3 is 0 Å². The number of rotatable bonds is 8. The van der Waals surface area contributed by atoms with Gasteiger partial charge < -0.3 is 15.4 Å². The van der Waals surface area contributed by atoms with Crippen LogP contribution in [-0.4, -0.2) is 34.7 Å². The minimum atomic E-state index is 0.658. The molecule has 0 spiro atoms. The van der Waals surface area contributed by atoms with Crippen molar-refractivity contribution in [2.45, 2.75) is 33.4 Å². The van der Waals surface area contributed by atoms with Gasteiger partial charge in [0, 0.05) is 26.3 Å². The number of ether oxygens (including phenoxy) is 1. The second kappa shape index (κ2) is 9.28. The first-order valence-electron chi connectivity index (χ1n) is 6.48. The summed E-state index contributed by atoms with van der Waals surface area (Å²) in [6, 6.07) is 0. The Labute approximate surface area is 128 Å². The van der Waals surface area contributed by atoms with E-state index in [0.29, 0.717) is 11.7 Å². The zero-order valence-corrected chi connectivity index (χ0v) is 13.8. The highest BCUT2D eigenvalue weighted by Crippen LogP contribution is 2.15. The average Bonchev–Trinajstić information content (AvgIpc) is 2.76. The van der Waals surface area contributed by atoms with Crippen LogP contribution in [0.5, 0.6) is 0 Å².